The lowest BCUT2D eigenvalue weighted by Gasteiger charge is -2.47. The van der Waals surface area contributed by atoms with Gasteiger partial charge in [0.05, 0.1) is 10.9 Å². The predicted octanol–water partition coefficient (Wildman–Crippen LogP) is 1.93. The summed E-state index contributed by atoms with van der Waals surface area (Å²) in [7, 11) is 1.57. The molecular formula is C15H25NO3S. The molecule has 3 aliphatic rings. The van der Waals surface area contributed by atoms with E-state index in [1.165, 1.54) is 25.7 Å². The second-order valence-corrected chi connectivity index (χ2v) is 7.97. The van der Waals surface area contributed by atoms with Gasteiger partial charge in [0, 0.05) is 32.6 Å². The van der Waals surface area contributed by atoms with E-state index in [2.05, 4.69) is 0 Å². The van der Waals surface area contributed by atoms with Crippen LogP contribution in [0.2, 0.25) is 0 Å². The molecule has 2 heterocycles. The maximum atomic E-state index is 11.7. The number of carbonyl (C=O) groups excluding carboxylic acids is 1. The topological polar surface area (TPSA) is 38.8 Å². The summed E-state index contributed by atoms with van der Waals surface area (Å²) in [6, 6.07) is 0. The molecule has 1 saturated carbocycles. The number of hydrogen-bond donors (Lipinski definition) is 0. The van der Waals surface area contributed by atoms with Gasteiger partial charge < -0.3 is 14.4 Å². The first kappa shape index (κ1) is 14.7. The lowest BCUT2D eigenvalue weighted by molar-refractivity contribution is -0.140. The largest absolute Gasteiger partial charge is 0.377 e. The zero-order valence-electron chi connectivity index (χ0n) is 12.3. The zero-order chi connectivity index (χ0) is 14.0. The molecule has 0 aromatic rings. The number of nitrogens with zero attached hydrogens (tertiary/aromatic N) is 1. The van der Waals surface area contributed by atoms with Crippen LogP contribution in [0.1, 0.15) is 32.1 Å². The van der Waals surface area contributed by atoms with E-state index in [9.17, 15) is 4.79 Å². The molecule has 114 valence electrons. The molecule has 4 nitrogen and oxygen atoms in total. The van der Waals surface area contributed by atoms with Crippen LogP contribution in [0.3, 0.4) is 0 Å². The van der Waals surface area contributed by atoms with E-state index in [4.69, 9.17) is 9.47 Å². The van der Waals surface area contributed by atoms with Gasteiger partial charge in [0.15, 0.2) is 0 Å². The Bertz CT molecular complexity index is 351. The summed E-state index contributed by atoms with van der Waals surface area (Å²) < 4.78 is 11.3. The average Bonchev–Trinajstić information content (AvgIpc) is 3.04. The van der Waals surface area contributed by atoms with Gasteiger partial charge in [-0.25, -0.2) is 0 Å². The van der Waals surface area contributed by atoms with Crippen molar-refractivity contribution < 1.29 is 14.3 Å². The highest BCUT2D eigenvalue weighted by atomic mass is 32.2. The van der Waals surface area contributed by atoms with Gasteiger partial charge in [0.25, 0.3) is 0 Å². The number of amides is 1. The second-order valence-electron chi connectivity index (χ2n) is 6.49. The van der Waals surface area contributed by atoms with Crippen molar-refractivity contribution >= 4 is 17.7 Å². The zero-order valence-corrected chi connectivity index (χ0v) is 13.1. The fourth-order valence-electron chi connectivity index (χ4n) is 3.62. The number of rotatable bonds is 5. The standard InChI is InChI=1S/C15H25NO3S/c1-18-8-14(17)16-10-15(11-16)6-13(9-20-15)19-7-12-4-2-3-5-12/h12-13H,2-11H2,1H3. The molecular weight excluding hydrogens is 274 g/mol. The minimum Gasteiger partial charge on any atom is -0.377 e. The Morgan fingerprint density at radius 2 is 2.10 bits per heavy atom. The highest BCUT2D eigenvalue weighted by Gasteiger charge is 2.50. The van der Waals surface area contributed by atoms with Crippen molar-refractivity contribution in [3.63, 3.8) is 0 Å². The number of likely N-dealkylation sites (tertiary alicyclic amines) is 1. The van der Waals surface area contributed by atoms with Crippen LogP contribution in [0.15, 0.2) is 0 Å². The molecule has 0 aromatic carbocycles. The highest BCUT2D eigenvalue weighted by Crippen LogP contribution is 2.46. The Labute approximate surface area is 125 Å². The van der Waals surface area contributed by atoms with Crippen molar-refractivity contribution in [3.05, 3.63) is 0 Å². The third kappa shape index (κ3) is 3.15. The summed E-state index contributed by atoms with van der Waals surface area (Å²) in [4.78, 5) is 13.6. The van der Waals surface area contributed by atoms with Crippen LogP contribution in [-0.2, 0) is 14.3 Å². The molecule has 3 fully saturated rings. The van der Waals surface area contributed by atoms with E-state index in [-0.39, 0.29) is 17.3 Å². The number of methoxy groups -OCH3 is 1. The Hall–Kier alpha value is -0.260. The molecule has 2 aliphatic heterocycles. The molecule has 1 aliphatic carbocycles. The van der Waals surface area contributed by atoms with Crippen LogP contribution in [0.4, 0.5) is 0 Å². The summed E-state index contributed by atoms with van der Waals surface area (Å²) in [5.41, 5.74) is 0. The summed E-state index contributed by atoms with van der Waals surface area (Å²) >= 11 is 2.00. The molecule has 1 spiro atoms. The fraction of sp³-hybridized carbons (Fsp3) is 0.933. The first-order chi connectivity index (χ1) is 9.71. The van der Waals surface area contributed by atoms with Gasteiger partial charge in [-0.2, -0.15) is 0 Å². The van der Waals surface area contributed by atoms with Gasteiger partial charge in [0.1, 0.15) is 6.61 Å². The van der Waals surface area contributed by atoms with Crippen LogP contribution < -0.4 is 0 Å². The van der Waals surface area contributed by atoms with E-state index in [0.29, 0.717) is 6.10 Å². The van der Waals surface area contributed by atoms with Crippen molar-refractivity contribution in [2.24, 2.45) is 5.92 Å². The molecule has 3 rings (SSSR count). The number of thioether (sulfide) groups is 1. The Kier molecular flexibility index (Phi) is 4.58. The molecule has 0 bridgehead atoms. The summed E-state index contributed by atoms with van der Waals surface area (Å²) in [5, 5.41) is 0. The average molecular weight is 299 g/mol. The van der Waals surface area contributed by atoms with Gasteiger partial charge in [-0.3, -0.25) is 4.79 Å². The molecule has 5 heteroatoms. The normalized spacial score (nSPS) is 29.1. The van der Waals surface area contributed by atoms with Crippen LogP contribution in [0.5, 0.6) is 0 Å². The molecule has 1 amide bonds. The van der Waals surface area contributed by atoms with Gasteiger partial charge in [-0.1, -0.05) is 12.8 Å². The lowest BCUT2D eigenvalue weighted by Crippen LogP contribution is -2.61. The van der Waals surface area contributed by atoms with Crippen LogP contribution in [-0.4, -0.2) is 60.8 Å². The maximum absolute atomic E-state index is 11.7. The molecule has 1 atom stereocenters. The first-order valence-corrected chi connectivity index (χ1v) is 8.72. The highest BCUT2D eigenvalue weighted by molar-refractivity contribution is 8.01. The summed E-state index contributed by atoms with van der Waals surface area (Å²) in [6.07, 6.45) is 6.98. The van der Waals surface area contributed by atoms with E-state index in [0.717, 1.165) is 37.8 Å². The summed E-state index contributed by atoms with van der Waals surface area (Å²) in [5.74, 6) is 2.02. The molecule has 0 radical (unpaired) electrons. The van der Waals surface area contributed by atoms with Gasteiger partial charge in [-0.15, -0.1) is 11.8 Å². The maximum Gasteiger partial charge on any atom is 0.248 e. The van der Waals surface area contributed by atoms with Gasteiger partial charge >= 0.3 is 0 Å². The summed E-state index contributed by atoms with van der Waals surface area (Å²) in [6.45, 7) is 2.92. The second kappa shape index (κ2) is 6.24. The van der Waals surface area contributed by atoms with Gasteiger partial charge in [-0.05, 0) is 25.2 Å². The fourth-order valence-corrected chi connectivity index (χ4v) is 5.17. The minimum absolute atomic E-state index is 0.119. The number of carbonyl (C=O) groups is 1. The first-order valence-electron chi connectivity index (χ1n) is 7.73. The van der Waals surface area contributed by atoms with Crippen LogP contribution in [0.25, 0.3) is 0 Å². The van der Waals surface area contributed by atoms with Crippen molar-refractivity contribution in [2.45, 2.75) is 43.0 Å². The number of ether oxygens (including phenoxy) is 2. The van der Waals surface area contributed by atoms with E-state index in [1.807, 2.05) is 16.7 Å². The van der Waals surface area contributed by atoms with E-state index < -0.39 is 0 Å². The third-order valence-electron chi connectivity index (χ3n) is 4.80. The van der Waals surface area contributed by atoms with E-state index in [1.54, 1.807) is 7.11 Å². The Morgan fingerprint density at radius 1 is 1.35 bits per heavy atom. The lowest BCUT2D eigenvalue weighted by atomic mass is 9.93. The Morgan fingerprint density at radius 3 is 2.80 bits per heavy atom. The monoisotopic (exact) mass is 299 g/mol. The van der Waals surface area contributed by atoms with Crippen molar-refractivity contribution in [1.82, 2.24) is 4.90 Å². The van der Waals surface area contributed by atoms with Crippen LogP contribution in [0, 0.1) is 5.92 Å². The smallest absolute Gasteiger partial charge is 0.248 e. The third-order valence-corrected chi connectivity index (χ3v) is 6.37. The quantitative estimate of drug-likeness (QED) is 0.777. The van der Waals surface area contributed by atoms with Crippen molar-refractivity contribution in [3.8, 4) is 0 Å². The molecule has 0 N–H and O–H groups in total. The van der Waals surface area contributed by atoms with E-state index >= 15 is 0 Å². The number of hydrogen-bond acceptors (Lipinski definition) is 4. The predicted molar refractivity (Wildman–Crippen MR) is 80.0 cm³/mol. The van der Waals surface area contributed by atoms with Gasteiger partial charge in [0.2, 0.25) is 5.91 Å². The molecule has 2 saturated heterocycles. The molecule has 1 unspecified atom stereocenters. The van der Waals surface area contributed by atoms with Crippen molar-refractivity contribution in [1.29, 1.82) is 0 Å². The minimum atomic E-state index is 0.119. The Balaban J connectivity index is 1.38. The van der Waals surface area contributed by atoms with Crippen LogP contribution >= 0.6 is 11.8 Å². The van der Waals surface area contributed by atoms with Crippen molar-refractivity contribution in [2.75, 3.05) is 39.2 Å². The molecule has 20 heavy (non-hydrogen) atoms. The molecule has 0 aromatic heterocycles. The SMILES string of the molecule is COCC(=O)N1CC2(CC(OCC3CCCC3)CS2)C1.